The van der Waals surface area contributed by atoms with E-state index in [9.17, 15) is 0 Å². The van der Waals surface area contributed by atoms with E-state index in [0.29, 0.717) is 5.41 Å². The molecule has 0 amide bonds. The van der Waals surface area contributed by atoms with Crippen LogP contribution in [0.25, 0.3) is 0 Å². The lowest BCUT2D eigenvalue weighted by molar-refractivity contribution is 0.0778. The van der Waals surface area contributed by atoms with Gasteiger partial charge in [0.2, 0.25) is 0 Å². The standard InChI is InChI=1S/C22H37N3O2.HI/c1-3-23-21(25-19-22(12-7-13-22)14-18-26-2)24-15-8-16-27-17-11-20-9-5-4-6-10-20;/h4-6,9-10H,3,7-8,11-19H2,1-2H3,(H2,23,24,25);1H. The van der Waals surface area contributed by atoms with Gasteiger partial charge in [-0.2, -0.15) is 0 Å². The van der Waals surface area contributed by atoms with Crippen LogP contribution in [-0.4, -0.2) is 52.5 Å². The molecule has 1 fully saturated rings. The van der Waals surface area contributed by atoms with Gasteiger partial charge in [0.05, 0.1) is 6.61 Å². The summed E-state index contributed by atoms with van der Waals surface area (Å²) in [7, 11) is 1.78. The monoisotopic (exact) mass is 503 g/mol. The smallest absolute Gasteiger partial charge is 0.191 e. The molecule has 160 valence electrons. The number of benzene rings is 1. The lowest BCUT2D eigenvalue weighted by Crippen LogP contribution is -2.40. The first-order chi connectivity index (χ1) is 13.3. The summed E-state index contributed by atoms with van der Waals surface area (Å²) in [4.78, 5) is 4.83. The molecule has 28 heavy (non-hydrogen) atoms. The van der Waals surface area contributed by atoms with Crippen LogP contribution in [-0.2, 0) is 15.9 Å². The number of guanidine groups is 1. The van der Waals surface area contributed by atoms with Gasteiger partial charge < -0.3 is 20.1 Å². The van der Waals surface area contributed by atoms with Gasteiger partial charge in [-0.15, -0.1) is 24.0 Å². The van der Waals surface area contributed by atoms with Gasteiger partial charge in [0.1, 0.15) is 0 Å². The van der Waals surface area contributed by atoms with Crippen molar-refractivity contribution in [2.24, 2.45) is 10.4 Å². The molecular formula is C22H38IN3O2. The van der Waals surface area contributed by atoms with Gasteiger partial charge in [-0.1, -0.05) is 36.8 Å². The van der Waals surface area contributed by atoms with Crippen LogP contribution >= 0.6 is 24.0 Å². The van der Waals surface area contributed by atoms with Crippen molar-refractivity contribution in [2.75, 3.05) is 46.6 Å². The maximum Gasteiger partial charge on any atom is 0.191 e. The van der Waals surface area contributed by atoms with Crippen molar-refractivity contribution in [3.05, 3.63) is 35.9 Å². The summed E-state index contributed by atoms with van der Waals surface area (Å²) in [6, 6.07) is 10.5. The molecule has 0 saturated heterocycles. The summed E-state index contributed by atoms with van der Waals surface area (Å²) in [6.07, 6.45) is 6.93. The number of rotatable bonds is 13. The zero-order valence-corrected chi connectivity index (χ0v) is 19.9. The van der Waals surface area contributed by atoms with Gasteiger partial charge in [-0.05, 0) is 50.0 Å². The third kappa shape index (κ3) is 9.56. The third-order valence-corrected chi connectivity index (χ3v) is 5.30. The fourth-order valence-electron chi connectivity index (χ4n) is 3.39. The Morgan fingerprint density at radius 3 is 2.54 bits per heavy atom. The molecule has 0 aliphatic heterocycles. The molecule has 6 heteroatoms. The van der Waals surface area contributed by atoms with Crippen molar-refractivity contribution in [1.29, 1.82) is 0 Å². The Labute approximate surface area is 188 Å². The van der Waals surface area contributed by atoms with Crippen LogP contribution in [0.1, 0.15) is 44.6 Å². The number of aliphatic imine (C=N–C) groups is 1. The molecule has 1 aliphatic carbocycles. The minimum Gasteiger partial charge on any atom is -0.385 e. The summed E-state index contributed by atoms with van der Waals surface area (Å²) in [5.41, 5.74) is 1.69. The van der Waals surface area contributed by atoms with E-state index in [1.54, 1.807) is 7.11 Å². The van der Waals surface area contributed by atoms with Gasteiger partial charge in [0.25, 0.3) is 0 Å². The van der Waals surface area contributed by atoms with E-state index >= 15 is 0 Å². The molecule has 0 bridgehead atoms. The second-order valence-corrected chi connectivity index (χ2v) is 7.42. The SMILES string of the molecule is CCNC(=NCC1(CCOC)CCC1)NCCCOCCc1ccccc1.I. The molecule has 1 aliphatic rings. The summed E-state index contributed by atoms with van der Waals surface area (Å²) in [5, 5.41) is 6.78. The first kappa shape index (κ1) is 25.2. The van der Waals surface area contributed by atoms with Crippen molar-refractivity contribution in [1.82, 2.24) is 10.6 Å². The molecule has 0 spiro atoms. The molecule has 0 unspecified atom stereocenters. The van der Waals surface area contributed by atoms with Crippen LogP contribution < -0.4 is 10.6 Å². The summed E-state index contributed by atoms with van der Waals surface area (Å²) in [5.74, 6) is 0.922. The van der Waals surface area contributed by atoms with Gasteiger partial charge in [0.15, 0.2) is 5.96 Å². The number of nitrogens with zero attached hydrogens (tertiary/aromatic N) is 1. The van der Waals surface area contributed by atoms with Crippen LogP contribution in [0.5, 0.6) is 0 Å². The molecular weight excluding hydrogens is 465 g/mol. The number of hydrogen-bond acceptors (Lipinski definition) is 3. The predicted molar refractivity (Wildman–Crippen MR) is 128 cm³/mol. The van der Waals surface area contributed by atoms with Gasteiger partial charge in [-0.25, -0.2) is 0 Å². The first-order valence-electron chi connectivity index (χ1n) is 10.4. The second-order valence-electron chi connectivity index (χ2n) is 7.42. The Morgan fingerprint density at radius 2 is 1.89 bits per heavy atom. The molecule has 2 rings (SSSR count). The fraction of sp³-hybridized carbons (Fsp3) is 0.682. The third-order valence-electron chi connectivity index (χ3n) is 5.30. The van der Waals surface area contributed by atoms with Gasteiger partial charge in [-0.3, -0.25) is 4.99 Å². The minimum absolute atomic E-state index is 0. The Morgan fingerprint density at radius 1 is 1.11 bits per heavy atom. The number of halogens is 1. The number of nitrogens with one attached hydrogen (secondary N) is 2. The van der Waals surface area contributed by atoms with E-state index in [2.05, 4.69) is 41.8 Å². The maximum absolute atomic E-state index is 5.75. The molecule has 1 aromatic rings. The highest BCUT2D eigenvalue weighted by atomic mass is 127. The molecule has 1 aromatic carbocycles. The average Bonchev–Trinajstić information content (AvgIpc) is 2.66. The van der Waals surface area contributed by atoms with E-state index < -0.39 is 0 Å². The van der Waals surface area contributed by atoms with E-state index in [1.807, 2.05) is 6.07 Å². The van der Waals surface area contributed by atoms with E-state index in [-0.39, 0.29) is 24.0 Å². The van der Waals surface area contributed by atoms with Crippen LogP contribution in [0.4, 0.5) is 0 Å². The summed E-state index contributed by atoms with van der Waals surface area (Å²) >= 11 is 0. The molecule has 0 aromatic heterocycles. The number of hydrogen-bond donors (Lipinski definition) is 2. The highest BCUT2D eigenvalue weighted by molar-refractivity contribution is 14.0. The molecule has 1 saturated carbocycles. The normalized spacial score (nSPS) is 15.4. The summed E-state index contributed by atoms with van der Waals surface area (Å²) in [6.45, 7) is 7.14. The average molecular weight is 503 g/mol. The number of methoxy groups -OCH3 is 1. The first-order valence-corrected chi connectivity index (χ1v) is 10.4. The molecule has 0 heterocycles. The quantitative estimate of drug-likeness (QED) is 0.185. The zero-order chi connectivity index (χ0) is 19.2. The Kier molecular flexibility index (Phi) is 13.5. The molecule has 5 nitrogen and oxygen atoms in total. The Hall–Kier alpha value is -0.860. The van der Waals surface area contributed by atoms with Crippen molar-refractivity contribution in [3.8, 4) is 0 Å². The summed E-state index contributed by atoms with van der Waals surface area (Å²) < 4.78 is 11.0. The molecule has 0 atom stereocenters. The van der Waals surface area contributed by atoms with Crippen LogP contribution in [0, 0.1) is 5.41 Å². The Bertz CT molecular complexity index is 536. The van der Waals surface area contributed by atoms with E-state index in [4.69, 9.17) is 14.5 Å². The second kappa shape index (κ2) is 15.0. The molecule has 0 radical (unpaired) electrons. The van der Waals surface area contributed by atoms with Crippen molar-refractivity contribution < 1.29 is 9.47 Å². The number of ether oxygens (including phenoxy) is 2. The van der Waals surface area contributed by atoms with Gasteiger partial charge in [0, 0.05) is 40.0 Å². The Balaban J connectivity index is 0.00000392. The molecule has 2 N–H and O–H groups in total. The lowest BCUT2D eigenvalue weighted by atomic mass is 9.67. The van der Waals surface area contributed by atoms with E-state index in [1.165, 1.54) is 24.8 Å². The predicted octanol–water partition coefficient (Wildman–Crippen LogP) is 4.02. The fourth-order valence-corrected chi connectivity index (χ4v) is 3.39. The highest BCUT2D eigenvalue weighted by Crippen LogP contribution is 2.44. The van der Waals surface area contributed by atoms with Crippen molar-refractivity contribution in [2.45, 2.75) is 45.4 Å². The van der Waals surface area contributed by atoms with Crippen LogP contribution in [0.3, 0.4) is 0 Å². The van der Waals surface area contributed by atoms with Gasteiger partial charge >= 0.3 is 0 Å². The zero-order valence-electron chi connectivity index (χ0n) is 17.5. The van der Waals surface area contributed by atoms with Crippen molar-refractivity contribution in [3.63, 3.8) is 0 Å². The van der Waals surface area contributed by atoms with Crippen LogP contribution in [0.15, 0.2) is 35.3 Å². The lowest BCUT2D eigenvalue weighted by Gasteiger charge is -2.40. The maximum atomic E-state index is 5.75. The van der Waals surface area contributed by atoms with E-state index in [0.717, 1.165) is 64.7 Å². The minimum atomic E-state index is 0. The largest absolute Gasteiger partial charge is 0.385 e. The topological polar surface area (TPSA) is 54.9 Å². The van der Waals surface area contributed by atoms with Crippen molar-refractivity contribution >= 4 is 29.9 Å². The van der Waals surface area contributed by atoms with Crippen LogP contribution in [0.2, 0.25) is 0 Å². The highest BCUT2D eigenvalue weighted by Gasteiger charge is 2.36.